The second kappa shape index (κ2) is 16.7. The number of carboxylic acids is 1. The average Bonchev–Trinajstić information content (AvgIpc) is 2.85. The zero-order valence-electron chi connectivity index (χ0n) is 21.1. The van der Waals surface area contributed by atoms with Crippen LogP contribution in [0, 0.1) is 0 Å². The van der Waals surface area contributed by atoms with Crippen molar-refractivity contribution in [3.05, 3.63) is 35.9 Å². The number of nitrogens with one attached hydrogen (secondary N) is 3. The number of nitrogens with two attached hydrogens (primary N) is 4. The lowest BCUT2D eigenvalue weighted by Gasteiger charge is -2.25. The van der Waals surface area contributed by atoms with Gasteiger partial charge in [-0.05, 0) is 31.4 Å². The summed E-state index contributed by atoms with van der Waals surface area (Å²) in [5.74, 6) is -5.58. The van der Waals surface area contributed by atoms with Crippen molar-refractivity contribution in [2.75, 3.05) is 6.54 Å². The average molecular weight is 536 g/mol. The van der Waals surface area contributed by atoms with E-state index in [0.29, 0.717) is 31.4 Å². The maximum atomic E-state index is 13.3. The zero-order valence-corrected chi connectivity index (χ0v) is 21.1. The van der Waals surface area contributed by atoms with Crippen LogP contribution in [0.2, 0.25) is 0 Å². The van der Waals surface area contributed by atoms with Crippen LogP contribution in [0.25, 0.3) is 0 Å². The van der Waals surface area contributed by atoms with E-state index in [1.165, 1.54) is 0 Å². The first kappa shape index (κ1) is 32.0. The normalized spacial score (nSPS) is 13.8. The fourth-order valence-corrected chi connectivity index (χ4v) is 3.48. The number of hydrogen-bond acceptors (Lipinski definition) is 8. The molecule has 0 spiro atoms. The van der Waals surface area contributed by atoms with Crippen LogP contribution in [-0.4, -0.2) is 71.3 Å². The van der Waals surface area contributed by atoms with Gasteiger partial charge in [-0.25, -0.2) is 4.79 Å². The molecule has 0 radical (unpaired) electrons. The summed E-state index contributed by atoms with van der Waals surface area (Å²) in [7, 11) is 0. The third kappa shape index (κ3) is 12.3. The molecule has 4 atom stereocenters. The SMILES string of the molecule is NCCCCC(N)C(=O)NC(Cc1ccccc1)C(=O)NC(CCC(N)=O)C(=O)NC(CC(N)=O)C(=O)O. The first-order chi connectivity index (χ1) is 17.9. The number of hydrogen-bond donors (Lipinski definition) is 8. The minimum absolute atomic E-state index is 0.0531. The van der Waals surface area contributed by atoms with Crippen molar-refractivity contribution < 1.29 is 33.9 Å². The molecule has 0 aromatic heterocycles. The summed E-state index contributed by atoms with van der Waals surface area (Å²) in [6.45, 7) is 0.449. The lowest BCUT2D eigenvalue weighted by molar-refractivity contribution is -0.144. The van der Waals surface area contributed by atoms with Gasteiger partial charge in [0, 0.05) is 12.8 Å². The molecule has 1 aromatic rings. The summed E-state index contributed by atoms with van der Waals surface area (Å²) < 4.78 is 0. The number of carbonyl (C=O) groups is 6. The van der Waals surface area contributed by atoms with Crippen LogP contribution < -0.4 is 38.9 Å². The molecule has 0 fully saturated rings. The van der Waals surface area contributed by atoms with Gasteiger partial charge in [-0.2, -0.15) is 0 Å². The maximum Gasteiger partial charge on any atom is 0.326 e. The van der Waals surface area contributed by atoms with E-state index in [9.17, 15) is 33.9 Å². The van der Waals surface area contributed by atoms with Gasteiger partial charge < -0.3 is 44.0 Å². The van der Waals surface area contributed by atoms with Gasteiger partial charge in [0.05, 0.1) is 12.5 Å². The van der Waals surface area contributed by atoms with Crippen LogP contribution in [0.5, 0.6) is 0 Å². The Hall–Kier alpha value is -4.04. The molecule has 0 aliphatic carbocycles. The number of unbranched alkanes of at least 4 members (excludes halogenated alkanes) is 1. The minimum atomic E-state index is -1.65. The van der Waals surface area contributed by atoms with E-state index in [0.717, 1.165) is 0 Å². The molecule has 38 heavy (non-hydrogen) atoms. The van der Waals surface area contributed by atoms with E-state index < -0.39 is 66.1 Å². The molecular weight excluding hydrogens is 498 g/mol. The molecule has 0 heterocycles. The fourth-order valence-electron chi connectivity index (χ4n) is 3.48. The van der Waals surface area contributed by atoms with E-state index in [1.54, 1.807) is 30.3 Å². The number of aliphatic carboxylic acids is 1. The predicted molar refractivity (Wildman–Crippen MR) is 137 cm³/mol. The molecule has 1 rings (SSSR count). The molecule has 4 unspecified atom stereocenters. The summed E-state index contributed by atoms with van der Waals surface area (Å²) in [4.78, 5) is 72.7. The molecule has 0 aliphatic heterocycles. The van der Waals surface area contributed by atoms with E-state index in [2.05, 4.69) is 16.0 Å². The van der Waals surface area contributed by atoms with Crippen molar-refractivity contribution in [1.29, 1.82) is 0 Å². The van der Waals surface area contributed by atoms with E-state index in [-0.39, 0.29) is 19.3 Å². The van der Waals surface area contributed by atoms with Crippen LogP contribution in [0.4, 0.5) is 0 Å². The quantitative estimate of drug-likeness (QED) is 0.0912. The molecule has 0 saturated heterocycles. The van der Waals surface area contributed by atoms with Gasteiger partial charge in [0.25, 0.3) is 0 Å². The first-order valence-electron chi connectivity index (χ1n) is 12.1. The highest BCUT2D eigenvalue weighted by molar-refractivity contribution is 5.95. The van der Waals surface area contributed by atoms with Gasteiger partial charge in [-0.15, -0.1) is 0 Å². The van der Waals surface area contributed by atoms with Crippen molar-refractivity contribution in [2.24, 2.45) is 22.9 Å². The lowest BCUT2D eigenvalue weighted by atomic mass is 10.0. The van der Waals surface area contributed by atoms with Crippen molar-refractivity contribution in [3.8, 4) is 0 Å². The first-order valence-corrected chi connectivity index (χ1v) is 12.1. The van der Waals surface area contributed by atoms with Gasteiger partial charge in [0.1, 0.15) is 18.1 Å². The Kier molecular flexibility index (Phi) is 14.0. The second-order valence-corrected chi connectivity index (χ2v) is 8.78. The van der Waals surface area contributed by atoms with Gasteiger partial charge in [-0.1, -0.05) is 36.8 Å². The summed E-state index contributed by atoms with van der Waals surface area (Å²) >= 11 is 0. The summed E-state index contributed by atoms with van der Waals surface area (Å²) in [5, 5.41) is 16.5. The van der Waals surface area contributed by atoms with Crippen molar-refractivity contribution in [1.82, 2.24) is 16.0 Å². The van der Waals surface area contributed by atoms with Crippen LogP contribution in [0.1, 0.15) is 44.1 Å². The molecule has 0 aliphatic rings. The Morgan fingerprint density at radius 2 is 1.34 bits per heavy atom. The van der Waals surface area contributed by atoms with E-state index >= 15 is 0 Å². The van der Waals surface area contributed by atoms with Crippen molar-refractivity contribution >= 4 is 35.5 Å². The molecule has 12 N–H and O–H groups in total. The highest BCUT2D eigenvalue weighted by Crippen LogP contribution is 2.07. The second-order valence-electron chi connectivity index (χ2n) is 8.78. The standard InChI is InChI=1S/C24H37N7O7/c25-11-5-4-8-15(26)21(34)30-17(12-14-6-2-1-3-7-14)23(36)29-16(9-10-19(27)32)22(35)31-18(24(37)38)13-20(28)33/h1-3,6-7,15-18H,4-5,8-13,25-26H2,(H2,27,32)(H2,28,33)(H,29,36)(H,30,34)(H,31,35)(H,37,38). The third-order valence-corrected chi connectivity index (χ3v) is 5.55. The molecule has 14 heteroatoms. The Morgan fingerprint density at radius 3 is 1.89 bits per heavy atom. The molecule has 210 valence electrons. The summed E-state index contributed by atoms with van der Waals surface area (Å²) in [5.41, 5.74) is 22.4. The zero-order chi connectivity index (χ0) is 28.7. The Morgan fingerprint density at radius 1 is 0.763 bits per heavy atom. The molecule has 14 nitrogen and oxygen atoms in total. The Labute approximate surface area is 220 Å². The summed E-state index contributed by atoms with van der Waals surface area (Å²) in [6.07, 6.45) is 0.436. The number of rotatable bonds is 18. The Bertz CT molecular complexity index is 974. The molecule has 5 amide bonds. The minimum Gasteiger partial charge on any atom is -0.480 e. The largest absolute Gasteiger partial charge is 0.480 e. The van der Waals surface area contributed by atoms with Crippen LogP contribution in [-0.2, 0) is 35.2 Å². The molecule has 0 saturated carbocycles. The number of amides is 5. The van der Waals surface area contributed by atoms with Crippen LogP contribution >= 0.6 is 0 Å². The smallest absolute Gasteiger partial charge is 0.326 e. The van der Waals surface area contributed by atoms with Crippen molar-refractivity contribution in [3.63, 3.8) is 0 Å². The van der Waals surface area contributed by atoms with Crippen LogP contribution in [0.15, 0.2) is 30.3 Å². The van der Waals surface area contributed by atoms with Gasteiger partial charge in [0.2, 0.25) is 29.5 Å². The summed E-state index contributed by atoms with van der Waals surface area (Å²) in [6, 6.07) is 3.65. The number of carboxylic acid groups (broad SMARTS) is 1. The van der Waals surface area contributed by atoms with E-state index in [4.69, 9.17) is 22.9 Å². The van der Waals surface area contributed by atoms with Gasteiger partial charge in [-0.3, -0.25) is 24.0 Å². The predicted octanol–water partition coefficient (Wildman–Crippen LogP) is -2.63. The fraction of sp³-hybridized carbons (Fsp3) is 0.500. The topological polar surface area (TPSA) is 263 Å². The highest BCUT2D eigenvalue weighted by Gasteiger charge is 2.31. The van der Waals surface area contributed by atoms with E-state index in [1.807, 2.05) is 0 Å². The van der Waals surface area contributed by atoms with Crippen LogP contribution in [0.3, 0.4) is 0 Å². The monoisotopic (exact) mass is 535 g/mol. The van der Waals surface area contributed by atoms with Gasteiger partial charge in [0.15, 0.2) is 0 Å². The van der Waals surface area contributed by atoms with Gasteiger partial charge >= 0.3 is 5.97 Å². The number of benzene rings is 1. The Balaban J connectivity index is 3.10. The lowest BCUT2D eigenvalue weighted by Crippen LogP contribution is -2.58. The number of carbonyl (C=O) groups excluding carboxylic acids is 5. The molecule has 1 aromatic carbocycles. The third-order valence-electron chi connectivity index (χ3n) is 5.55. The highest BCUT2D eigenvalue weighted by atomic mass is 16.4. The maximum absolute atomic E-state index is 13.3. The molecule has 0 bridgehead atoms. The number of primary amides is 2. The molecular formula is C24H37N7O7. The van der Waals surface area contributed by atoms with Crippen molar-refractivity contribution in [2.45, 2.75) is 69.1 Å².